The summed E-state index contributed by atoms with van der Waals surface area (Å²) < 4.78 is 0. The van der Waals surface area contributed by atoms with Gasteiger partial charge in [0.15, 0.2) is 0 Å². The van der Waals surface area contributed by atoms with Gasteiger partial charge in [-0.05, 0) is 55.7 Å². The fraction of sp³-hybridized carbons (Fsp3) is 0.300. The van der Waals surface area contributed by atoms with Crippen LogP contribution in [0.2, 0.25) is 5.02 Å². The van der Waals surface area contributed by atoms with Gasteiger partial charge in [0, 0.05) is 28.4 Å². The Bertz CT molecular complexity index is 788. The summed E-state index contributed by atoms with van der Waals surface area (Å²) in [6, 6.07) is 14.8. The highest BCUT2D eigenvalue weighted by molar-refractivity contribution is 6.30. The van der Waals surface area contributed by atoms with E-state index < -0.39 is 0 Å². The number of amides is 2. The minimum atomic E-state index is -0.162. The molecule has 1 unspecified atom stereocenters. The predicted octanol–water partition coefficient (Wildman–Crippen LogP) is 3.52. The first-order valence-corrected chi connectivity index (χ1v) is 9.08. The van der Waals surface area contributed by atoms with Gasteiger partial charge in [-0.3, -0.25) is 9.59 Å². The van der Waals surface area contributed by atoms with Crippen LogP contribution in [0.25, 0.3) is 0 Å². The summed E-state index contributed by atoms with van der Waals surface area (Å²) in [7, 11) is 0. The average Bonchev–Trinajstić information content (AvgIpc) is 3.44. The molecule has 0 spiro atoms. The Labute approximate surface area is 158 Å². The number of carbonyl (C=O) groups is 2. The molecule has 2 aromatic rings. The molecule has 1 atom stereocenters. The van der Waals surface area contributed by atoms with Crippen molar-refractivity contribution in [2.45, 2.75) is 31.8 Å². The Kier molecular flexibility index (Phi) is 5.91. The number of hydrogen-bond acceptors (Lipinski definition) is 3. The number of benzene rings is 2. The fourth-order valence-electron chi connectivity index (χ4n) is 2.55. The van der Waals surface area contributed by atoms with Crippen LogP contribution in [0.3, 0.4) is 0 Å². The first kappa shape index (κ1) is 18.4. The van der Waals surface area contributed by atoms with E-state index in [1.807, 2.05) is 31.2 Å². The molecule has 1 aliphatic rings. The van der Waals surface area contributed by atoms with E-state index in [2.05, 4.69) is 16.0 Å². The zero-order valence-corrected chi connectivity index (χ0v) is 15.3. The molecule has 0 radical (unpaired) electrons. The number of nitrogens with one attached hydrogen (secondary N) is 3. The first-order valence-electron chi connectivity index (χ1n) is 8.71. The van der Waals surface area contributed by atoms with Gasteiger partial charge in [0.2, 0.25) is 5.91 Å². The van der Waals surface area contributed by atoms with Gasteiger partial charge in [-0.1, -0.05) is 29.8 Å². The maximum atomic E-state index is 12.2. The second-order valence-electron chi connectivity index (χ2n) is 6.53. The minimum Gasteiger partial charge on any atom is -0.349 e. The second kappa shape index (κ2) is 8.34. The smallest absolute Gasteiger partial charge is 0.251 e. The summed E-state index contributed by atoms with van der Waals surface area (Å²) in [5.74, 6) is -0.261. The average molecular weight is 372 g/mol. The maximum absolute atomic E-state index is 12.2. The third-order valence-electron chi connectivity index (χ3n) is 4.26. The molecule has 1 aliphatic carbocycles. The summed E-state index contributed by atoms with van der Waals surface area (Å²) in [4.78, 5) is 24.3. The third-order valence-corrected chi connectivity index (χ3v) is 4.51. The second-order valence-corrected chi connectivity index (χ2v) is 6.97. The monoisotopic (exact) mass is 371 g/mol. The van der Waals surface area contributed by atoms with Crippen LogP contribution < -0.4 is 16.0 Å². The van der Waals surface area contributed by atoms with Gasteiger partial charge in [0.05, 0.1) is 6.54 Å². The van der Waals surface area contributed by atoms with Crippen LogP contribution in [0.15, 0.2) is 48.5 Å². The number of halogens is 1. The van der Waals surface area contributed by atoms with Gasteiger partial charge in [-0.15, -0.1) is 0 Å². The minimum absolute atomic E-state index is 0.0219. The molecule has 26 heavy (non-hydrogen) atoms. The van der Waals surface area contributed by atoms with Crippen molar-refractivity contribution in [1.82, 2.24) is 10.6 Å². The van der Waals surface area contributed by atoms with Crippen molar-refractivity contribution in [3.8, 4) is 0 Å². The van der Waals surface area contributed by atoms with Crippen molar-refractivity contribution in [2.24, 2.45) is 0 Å². The lowest BCUT2D eigenvalue weighted by atomic mass is 10.1. The van der Waals surface area contributed by atoms with E-state index in [0.29, 0.717) is 22.3 Å². The van der Waals surface area contributed by atoms with Gasteiger partial charge in [0.25, 0.3) is 5.91 Å². The van der Waals surface area contributed by atoms with Crippen LogP contribution in [-0.2, 0) is 4.79 Å². The van der Waals surface area contributed by atoms with Gasteiger partial charge in [0.1, 0.15) is 0 Å². The Morgan fingerprint density at radius 1 is 1.15 bits per heavy atom. The van der Waals surface area contributed by atoms with Crippen LogP contribution in [-0.4, -0.2) is 24.4 Å². The number of anilines is 1. The van der Waals surface area contributed by atoms with Crippen molar-refractivity contribution in [2.75, 3.05) is 11.9 Å². The summed E-state index contributed by atoms with van der Waals surface area (Å²) >= 11 is 5.89. The molecular weight excluding hydrogens is 350 g/mol. The molecular formula is C20H22ClN3O2. The van der Waals surface area contributed by atoms with E-state index in [1.165, 1.54) is 0 Å². The van der Waals surface area contributed by atoms with E-state index in [9.17, 15) is 9.59 Å². The van der Waals surface area contributed by atoms with Crippen molar-refractivity contribution in [3.05, 3.63) is 64.7 Å². The molecule has 1 fully saturated rings. The van der Waals surface area contributed by atoms with Gasteiger partial charge in [-0.2, -0.15) is 0 Å². The lowest BCUT2D eigenvalue weighted by Gasteiger charge is -2.14. The van der Waals surface area contributed by atoms with Gasteiger partial charge >= 0.3 is 0 Å². The molecule has 0 heterocycles. The lowest BCUT2D eigenvalue weighted by molar-refractivity contribution is -0.115. The maximum Gasteiger partial charge on any atom is 0.251 e. The molecule has 0 bridgehead atoms. The summed E-state index contributed by atoms with van der Waals surface area (Å²) in [6.07, 6.45) is 2.08. The number of rotatable bonds is 7. The summed E-state index contributed by atoms with van der Waals surface area (Å²) in [6.45, 7) is 2.15. The lowest BCUT2D eigenvalue weighted by Crippen LogP contribution is -2.30. The van der Waals surface area contributed by atoms with Crippen LogP contribution in [0.5, 0.6) is 0 Å². The molecule has 2 aromatic carbocycles. The van der Waals surface area contributed by atoms with Gasteiger partial charge < -0.3 is 16.0 Å². The van der Waals surface area contributed by atoms with E-state index in [-0.39, 0.29) is 24.4 Å². The predicted molar refractivity (Wildman–Crippen MR) is 103 cm³/mol. The molecule has 1 saturated carbocycles. The van der Waals surface area contributed by atoms with Crippen molar-refractivity contribution < 1.29 is 9.59 Å². The van der Waals surface area contributed by atoms with Crippen molar-refractivity contribution in [3.63, 3.8) is 0 Å². The third kappa shape index (κ3) is 5.31. The molecule has 136 valence electrons. The van der Waals surface area contributed by atoms with Crippen LogP contribution >= 0.6 is 11.6 Å². The van der Waals surface area contributed by atoms with E-state index in [4.69, 9.17) is 11.6 Å². The van der Waals surface area contributed by atoms with Crippen molar-refractivity contribution in [1.29, 1.82) is 0 Å². The standard InChI is InChI=1S/C20H22ClN3O2/c1-13(14-5-7-16(21)8-6-14)22-12-19(25)23-18-4-2-3-15(11-18)20(26)24-17-9-10-17/h2-8,11,13,17,22H,9-10,12H2,1H3,(H,23,25)(H,24,26). The Morgan fingerprint density at radius 3 is 2.58 bits per heavy atom. The highest BCUT2D eigenvalue weighted by Gasteiger charge is 2.23. The first-order chi connectivity index (χ1) is 12.5. The van der Waals surface area contributed by atoms with E-state index in [1.54, 1.807) is 24.3 Å². The molecule has 0 saturated heterocycles. The topological polar surface area (TPSA) is 70.2 Å². The molecule has 3 rings (SSSR count). The molecule has 0 aromatic heterocycles. The SMILES string of the molecule is CC(NCC(=O)Nc1cccc(C(=O)NC2CC2)c1)c1ccc(Cl)cc1. The fourth-order valence-corrected chi connectivity index (χ4v) is 2.68. The largest absolute Gasteiger partial charge is 0.349 e. The molecule has 3 N–H and O–H groups in total. The molecule has 5 nitrogen and oxygen atoms in total. The van der Waals surface area contributed by atoms with E-state index >= 15 is 0 Å². The molecule has 6 heteroatoms. The summed E-state index contributed by atoms with van der Waals surface area (Å²) in [5, 5.41) is 9.62. The van der Waals surface area contributed by atoms with E-state index in [0.717, 1.165) is 18.4 Å². The summed E-state index contributed by atoms with van der Waals surface area (Å²) in [5.41, 5.74) is 2.22. The van der Waals surface area contributed by atoms with Crippen LogP contribution in [0, 0.1) is 0 Å². The van der Waals surface area contributed by atoms with Crippen LogP contribution in [0.1, 0.15) is 41.7 Å². The quantitative estimate of drug-likeness (QED) is 0.697. The highest BCUT2D eigenvalue weighted by Crippen LogP contribution is 2.20. The molecule has 2 amide bonds. The number of hydrogen-bond donors (Lipinski definition) is 3. The van der Waals surface area contributed by atoms with Crippen LogP contribution in [0.4, 0.5) is 5.69 Å². The zero-order chi connectivity index (χ0) is 18.5. The Balaban J connectivity index is 1.51. The molecule has 0 aliphatic heterocycles. The number of carbonyl (C=O) groups excluding carboxylic acids is 2. The Morgan fingerprint density at radius 2 is 1.88 bits per heavy atom. The zero-order valence-electron chi connectivity index (χ0n) is 14.6. The van der Waals surface area contributed by atoms with Crippen molar-refractivity contribution >= 4 is 29.1 Å². The van der Waals surface area contributed by atoms with Gasteiger partial charge in [-0.25, -0.2) is 0 Å². The normalized spacial score (nSPS) is 14.5. The Hall–Kier alpha value is -2.37. The highest BCUT2D eigenvalue weighted by atomic mass is 35.5.